The van der Waals surface area contributed by atoms with E-state index in [-0.39, 0.29) is 17.4 Å². The maximum atomic E-state index is 12.0. The molecule has 1 aliphatic heterocycles. The van der Waals surface area contributed by atoms with Crippen LogP contribution in [0.5, 0.6) is 0 Å². The molecule has 2 aromatic rings. The highest BCUT2D eigenvalue weighted by atomic mass is 32.2. The van der Waals surface area contributed by atoms with Gasteiger partial charge in [0.05, 0.1) is 28.1 Å². The van der Waals surface area contributed by atoms with E-state index in [9.17, 15) is 13.2 Å². The number of para-hydroxylation sites is 2. The van der Waals surface area contributed by atoms with Crippen LogP contribution in [0.15, 0.2) is 29.4 Å². The number of benzene rings is 1. The van der Waals surface area contributed by atoms with E-state index in [0.29, 0.717) is 12.8 Å². The van der Waals surface area contributed by atoms with Crippen molar-refractivity contribution in [2.75, 3.05) is 17.3 Å². The fourth-order valence-corrected chi connectivity index (χ4v) is 5.83. The molecule has 24 heavy (non-hydrogen) atoms. The molecule has 1 aromatic heterocycles. The van der Waals surface area contributed by atoms with Gasteiger partial charge in [-0.15, -0.1) is 0 Å². The van der Waals surface area contributed by atoms with Crippen LogP contribution in [0, 0.1) is 0 Å². The second-order valence-electron chi connectivity index (χ2n) is 6.46. The van der Waals surface area contributed by atoms with Crippen molar-refractivity contribution in [3.05, 3.63) is 24.3 Å². The molecule has 8 heteroatoms. The number of rotatable bonds is 6. The summed E-state index contributed by atoms with van der Waals surface area (Å²) in [4.78, 5) is 19.8. The highest BCUT2D eigenvalue weighted by Crippen LogP contribution is 2.23. The molecule has 130 valence electrons. The van der Waals surface area contributed by atoms with Crippen molar-refractivity contribution in [2.24, 2.45) is 0 Å². The number of aromatic nitrogens is 2. The normalized spacial score (nSPS) is 22.7. The third-order valence-corrected chi connectivity index (χ3v) is 6.96. The first-order chi connectivity index (χ1) is 11.4. The number of carbonyl (C=O) groups excluding carboxylic acids is 1. The summed E-state index contributed by atoms with van der Waals surface area (Å²) in [5.41, 5.74) is 1.34. The molecule has 0 saturated carbocycles. The molecule has 1 fully saturated rings. The summed E-state index contributed by atoms with van der Waals surface area (Å²) < 4.78 is 23.1. The first-order valence-electron chi connectivity index (χ1n) is 7.94. The molecule has 0 radical (unpaired) electrons. The first kappa shape index (κ1) is 17.3. The second kappa shape index (κ2) is 6.76. The lowest BCUT2D eigenvalue weighted by molar-refractivity contribution is -0.122. The summed E-state index contributed by atoms with van der Waals surface area (Å²) in [6.45, 7) is 1.80. The van der Waals surface area contributed by atoms with Crippen molar-refractivity contribution < 1.29 is 13.2 Å². The number of amides is 1. The summed E-state index contributed by atoms with van der Waals surface area (Å²) in [5.74, 6) is 0.896. The maximum absolute atomic E-state index is 12.0. The number of sulfone groups is 1. The van der Waals surface area contributed by atoms with Gasteiger partial charge in [-0.3, -0.25) is 4.79 Å². The van der Waals surface area contributed by atoms with Gasteiger partial charge in [0, 0.05) is 12.2 Å². The quantitative estimate of drug-likeness (QED) is 0.603. The Kier molecular flexibility index (Phi) is 4.87. The molecule has 0 spiro atoms. The molecular formula is C16H21N3O3S2. The number of hydrogen-bond donors (Lipinski definition) is 2. The van der Waals surface area contributed by atoms with E-state index in [2.05, 4.69) is 15.3 Å². The van der Waals surface area contributed by atoms with Crippen LogP contribution >= 0.6 is 11.8 Å². The largest absolute Gasteiger partial charge is 0.350 e. The fraction of sp³-hybridized carbons (Fsp3) is 0.500. The number of nitrogens with one attached hydrogen (secondary N) is 2. The standard InChI is InChI=1S/C16H21N3O3S2/c1-16(8-10-24(21,22)11-16)19-14(20)7-4-9-23-15-17-12-5-2-3-6-13(12)18-15/h2-3,5-6H,4,7-11H2,1H3,(H,17,18)(H,19,20)/t16-/m1/s1. The molecule has 6 nitrogen and oxygen atoms in total. The second-order valence-corrected chi connectivity index (χ2v) is 9.73. The van der Waals surface area contributed by atoms with Crippen LogP contribution in [0.25, 0.3) is 11.0 Å². The molecular weight excluding hydrogens is 346 g/mol. The summed E-state index contributed by atoms with van der Waals surface area (Å²) in [6.07, 6.45) is 1.61. The summed E-state index contributed by atoms with van der Waals surface area (Å²) >= 11 is 1.59. The number of aromatic amines is 1. The van der Waals surface area contributed by atoms with E-state index in [4.69, 9.17) is 0 Å². The van der Waals surface area contributed by atoms with Crippen molar-refractivity contribution in [3.63, 3.8) is 0 Å². The van der Waals surface area contributed by atoms with E-state index >= 15 is 0 Å². The fourth-order valence-electron chi connectivity index (χ4n) is 2.91. The van der Waals surface area contributed by atoms with Crippen LogP contribution in [0.1, 0.15) is 26.2 Å². The third kappa shape index (κ3) is 4.30. The number of H-pyrrole nitrogens is 1. The van der Waals surface area contributed by atoms with Crippen LogP contribution in [0.2, 0.25) is 0 Å². The Morgan fingerprint density at radius 3 is 2.92 bits per heavy atom. The van der Waals surface area contributed by atoms with Gasteiger partial charge >= 0.3 is 0 Å². The predicted molar refractivity (Wildman–Crippen MR) is 95.9 cm³/mol. The van der Waals surface area contributed by atoms with E-state index < -0.39 is 15.4 Å². The summed E-state index contributed by atoms with van der Waals surface area (Å²) in [7, 11) is -3.00. The SMILES string of the molecule is C[C@@]1(NC(=O)CCCSc2nc3ccccc3[nH]2)CCS(=O)(=O)C1. The smallest absolute Gasteiger partial charge is 0.220 e. The van der Waals surface area contributed by atoms with Gasteiger partial charge in [-0.05, 0) is 31.9 Å². The predicted octanol–water partition coefficient (Wildman–Crippen LogP) is 2.13. The lowest BCUT2D eigenvalue weighted by atomic mass is 10.0. The van der Waals surface area contributed by atoms with Crippen molar-refractivity contribution in [1.82, 2.24) is 15.3 Å². The van der Waals surface area contributed by atoms with Crippen molar-refractivity contribution in [3.8, 4) is 0 Å². The molecule has 1 saturated heterocycles. The topological polar surface area (TPSA) is 91.9 Å². The number of imidazole rings is 1. The lowest BCUT2D eigenvalue weighted by Gasteiger charge is -2.23. The first-order valence-corrected chi connectivity index (χ1v) is 10.7. The zero-order valence-electron chi connectivity index (χ0n) is 13.5. The average molecular weight is 367 g/mol. The Morgan fingerprint density at radius 2 is 2.21 bits per heavy atom. The minimum Gasteiger partial charge on any atom is -0.350 e. The highest BCUT2D eigenvalue weighted by Gasteiger charge is 2.39. The van der Waals surface area contributed by atoms with Crippen molar-refractivity contribution >= 4 is 38.5 Å². The minimum atomic E-state index is -3.00. The van der Waals surface area contributed by atoms with Crippen molar-refractivity contribution in [1.29, 1.82) is 0 Å². The monoisotopic (exact) mass is 367 g/mol. The highest BCUT2D eigenvalue weighted by molar-refractivity contribution is 7.99. The Labute approximate surface area is 145 Å². The van der Waals surface area contributed by atoms with Gasteiger partial charge in [-0.25, -0.2) is 13.4 Å². The molecule has 0 bridgehead atoms. The third-order valence-electron chi connectivity index (χ3n) is 4.10. The van der Waals surface area contributed by atoms with Gasteiger partial charge in [0.1, 0.15) is 0 Å². The van der Waals surface area contributed by atoms with Crippen LogP contribution < -0.4 is 5.32 Å². The number of fused-ring (bicyclic) bond motifs is 1. The number of hydrogen-bond acceptors (Lipinski definition) is 5. The molecule has 1 amide bonds. The molecule has 1 atom stereocenters. The average Bonchev–Trinajstić information content (AvgIpc) is 3.03. The molecule has 0 unspecified atom stereocenters. The van der Waals surface area contributed by atoms with E-state index in [1.165, 1.54) is 0 Å². The molecule has 1 aromatic carbocycles. The number of carbonyl (C=O) groups is 1. The lowest BCUT2D eigenvalue weighted by Crippen LogP contribution is -2.46. The van der Waals surface area contributed by atoms with Gasteiger partial charge in [-0.2, -0.15) is 0 Å². The van der Waals surface area contributed by atoms with Gasteiger partial charge < -0.3 is 10.3 Å². The summed E-state index contributed by atoms with van der Waals surface area (Å²) in [6, 6.07) is 7.85. The molecule has 0 aliphatic carbocycles. The van der Waals surface area contributed by atoms with Crippen LogP contribution in [0.4, 0.5) is 0 Å². The zero-order chi connectivity index (χ0) is 17.2. The van der Waals surface area contributed by atoms with Gasteiger partial charge in [-0.1, -0.05) is 23.9 Å². The Hall–Kier alpha value is -1.54. The Bertz CT molecular complexity index is 814. The Balaban J connectivity index is 1.42. The van der Waals surface area contributed by atoms with Crippen molar-refractivity contribution in [2.45, 2.75) is 36.9 Å². The van der Waals surface area contributed by atoms with E-state index in [1.54, 1.807) is 18.7 Å². The van der Waals surface area contributed by atoms with Crippen LogP contribution in [0.3, 0.4) is 0 Å². The van der Waals surface area contributed by atoms with Crippen LogP contribution in [-0.4, -0.2) is 47.1 Å². The van der Waals surface area contributed by atoms with Gasteiger partial charge in [0.2, 0.25) is 5.91 Å². The molecule has 3 rings (SSSR count). The van der Waals surface area contributed by atoms with E-state index in [1.807, 2.05) is 24.3 Å². The number of nitrogens with zero attached hydrogens (tertiary/aromatic N) is 1. The minimum absolute atomic E-state index is 0.0411. The van der Waals surface area contributed by atoms with Crippen LogP contribution in [-0.2, 0) is 14.6 Å². The molecule has 1 aliphatic rings. The maximum Gasteiger partial charge on any atom is 0.220 e. The molecule has 2 heterocycles. The molecule has 2 N–H and O–H groups in total. The summed E-state index contributed by atoms with van der Waals surface area (Å²) in [5, 5.41) is 3.73. The van der Waals surface area contributed by atoms with Gasteiger partial charge in [0.15, 0.2) is 15.0 Å². The number of thioether (sulfide) groups is 1. The van der Waals surface area contributed by atoms with E-state index in [0.717, 1.165) is 28.4 Å². The zero-order valence-corrected chi connectivity index (χ0v) is 15.2. The Morgan fingerprint density at radius 1 is 1.42 bits per heavy atom. The van der Waals surface area contributed by atoms with Gasteiger partial charge in [0.25, 0.3) is 0 Å².